The van der Waals surface area contributed by atoms with Gasteiger partial charge in [-0.05, 0) is 23.8 Å². The second kappa shape index (κ2) is 9.21. The third-order valence-corrected chi connectivity index (χ3v) is 6.81. The van der Waals surface area contributed by atoms with Gasteiger partial charge < -0.3 is 20.3 Å². The average molecular weight is 474 g/mol. The number of carbonyl (C=O) groups excluding carboxylic acids is 2. The molecule has 1 unspecified atom stereocenters. The number of hydrogen-bond acceptors (Lipinski definition) is 8. The van der Waals surface area contributed by atoms with Crippen LogP contribution in [0.5, 0.6) is 0 Å². The summed E-state index contributed by atoms with van der Waals surface area (Å²) in [6.07, 6.45) is 0. The van der Waals surface area contributed by atoms with E-state index in [4.69, 9.17) is 4.74 Å². The van der Waals surface area contributed by atoms with Gasteiger partial charge in [-0.3, -0.25) is 10.2 Å². The highest BCUT2D eigenvalue weighted by atomic mass is 16.5. The normalized spacial score (nSPS) is 21.8. The topological polar surface area (TPSA) is 111 Å². The molecule has 2 amide bonds. The van der Waals surface area contributed by atoms with Gasteiger partial charge in [-0.15, -0.1) is 0 Å². The molecule has 0 radical (unpaired) electrons. The molecule has 0 aromatic heterocycles. The summed E-state index contributed by atoms with van der Waals surface area (Å²) in [5.74, 6) is -0.140. The summed E-state index contributed by atoms with van der Waals surface area (Å²) in [5, 5.41) is 16.8. The lowest BCUT2D eigenvalue weighted by Gasteiger charge is -2.29. The lowest BCUT2D eigenvalue weighted by molar-refractivity contribution is 0.0207. The number of azo groups is 1. The third-order valence-electron chi connectivity index (χ3n) is 6.81. The van der Waals surface area contributed by atoms with E-state index in [-0.39, 0.29) is 11.8 Å². The fraction of sp³-hybridized carbons (Fsp3) is 0.360. The Morgan fingerprint density at radius 1 is 1.03 bits per heavy atom. The number of anilines is 2. The second-order valence-corrected chi connectivity index (χ2v) is 8.93. The van der Waals surface area contributed by atoms with Gasteiger partial charge in [-0.25, -0.2) is 9.80 Å². The standard InChI is InChI=1S/C25H27N7O3/c33-24-20-18(2-1-3-19(20)27-25(34)30-32-12-14-35-15-13-32)23-21(24)22(28-29-23)16-4-6-17(7-5-16)31-10-8-26-9-11-31/h1-7,23,26H,8-15H2,(H2,27,30,34). The number of carbonyl (C=O) groups is 2. The first kappa shape index (κ1) is 21.9. The zero-order valence-corrected chi connectivity index (χ0v) is 19.3. The molecule has 3 heterocycles. The Hall–Kier alpha value is -3.60. The summed E-state index contributed by atoms with van der Waals surface area (Å²) in [6.45, 7) is 6.26. The monoisotopic (exact) mass is 473 g/mol. The van der Waals surface area contributed by atoms with Gasteiger partial charge in [0.25, 0.3) is 0 Å². The maximum absolute atomic E-state index is 13.6. The van der Waals surface area contributed by atoms with Crippen LogP contribution in [0.4, 0.5) is 16.2 Å². The molecule has 4 aliphatic rings. The number of nitrogens with zero attached hydrogens (tertiary/aromatic N) is 4. The van der Waals surface area contributed by atoms with Crippen molar-refractivity contribution in [2.24, 2.45) is 10.2 Å². The first-order valence-electron chi connectivity index (χ1n) is 12.0. The van der Waals surface area contributed by atoms with Gasteiger partial charge in [0.15, 0.2) is 5.78 Å². The van der Waals surface area contributed by atoms with E-state index in [0.717, 1.165) is 43.0 Å². The lowest BCUT2D eigenvalue weighted by Crippen LogP contribution is -2.49. The van der Waals surface area contributed by atoms with Gasteiger partial charge in [0, 0.05) is 50.5 Å². The molecule has 2 saturated heterocycles. The Labute approximate surface area is 203 Å². The number of urea groups is 1. The zero-order valence-electron chi connectivity index (χ0n) is 19.3. The highest BCUT2D eigenvalue weighted by Gasteiger charge is 2.42. The molecule has 3 aliphatic heterocycles. The Bertz CT molecular complexity index is 1210. The van der Waals surface area contributed by atoms with Crippen LogP contribution in [0.3, 0.4) is 0 Å². The number of piperazine rings is 1. The van der Waals surface area contributed by atoms with Crippen LogP contribution in [0.25, 0.3) is 5.70 Å². The predicted molar refractivity (Wildman–Crippen MR) is 131 cm³/mol. The number of nitrogens with one attached hydrogen (secondary N) is 3. The number of hydrazine groups is 1. The van der Waals surface area contributed by atoms with E-state index < -0.39 is 6.04 Å². The number of benzene rings is 2. The van der Waals surface area contributed by atoms with Crippen molar-refractivity contribution in [1.29, 1.82) is 0 Å². The first-order chi connectivity index (χ1) is 17.2. The number of fused-ring (bicyclic) bond motifs is 3. The Balaban J connectivity index is 1.24. The molecule has 2 aromatic carbocycles. The minimum atomic E-state index is -0.440. The number of morpholine rings is 1. The number of hydrogen-bond donors (Lipinski definition) is 3. The molecular weight excluding hydrogens is 446 g/mol. The Kier molecular flexibility index (Phi) is 5.77. The summed E-state index contributed by atoms with van der Waals surface area (Å²) in [7, 11) is 0. The van der Waals surface area contributed by atoms with E-state index >= 15 is 0 Å². The van der Waals surface area contributed by atoms with E-state index in [9.17, 15) is 9.59 Å². The van der Waals surface area contributed by atoms with Crippen molar-refractivity contribution in [2.75, 3.05) is 62.7 Å². The molecule has 10 heteroatoms. The molecule has 3 N–H and O–H groups in total. The number of rotatable bonds is 4. The van der Waals surface area contributed by atoms with E-state index in [1.165, 1.54) is 0 Å². The van der Waals surface area contributed by atoms with Crippen LogP contribution >= 0.6 is 0 Å². The van der Waals surface area contributed by atoms with Gasteiger partial charge in [0.2, 0.25) is 0 Å². The molecule has 180 valence electrons. The van der Waals surface area contributed by atoms with Crippen molar-refractivity contribution < 1.29 is 14.3 Å². The number of ether oxygens (including phenoxy) is 1. The van der Waals surface area contributed by atoms with E-state index in [1.807, 2.05) is 24.3 Å². The van der Waals surface area contributed by atoms with Gasteiger partial charge in [0.1, 0.15) is 11.7 Å². The van der Waals surface area contributed by atoms with Gasteiger partial charge in [-0.2, -0.15) is 10.2 Å². The smallest absolute Gasteiger partial charge is 0.333 e. The summed E-state index contributed by atoms with van der Waals surface area (Å²) in [6, 6.07) is 12.8. The SMILES string of the molecule is O=C(Nc1cccc2c1C(=O)C1=C(c3ccc(N4CCNCC4)cc3)N=NC12)NN1CCOCC1. The minimum Gasteiger partial charge on any atom is -0.379 e. The summed E-state index contributed by atoms with van der Waals surface area (Å²) in [5.41, 5.74) is 7.75. The third kappa shape index (κ3) is 4.09. The number of ketones is 1. The first-order valence-corrected chi connectivity index (χ1v) is 12.0. The molecule has 0 bridgehead atoms. The van der Waals surface area contributed by atoms with Crippen LogP contribution in [-0.4, -0.2) is 69.3 Å². The van der Waals surface area contributed by atoms with Crippen molar-refractivity contribution in [3.8, 4) is 0 Å². The van der Waals surface area contributed by atoms with Crippen molar-refractivity contribution in [3.05, 3.63) is 64.7 Å². The molecule has 0 saturated carbocycles. The molecule has 10 nitrogen and oxygen atoms in total. The van der Waals surface area contributed by atoms with Gasteiger partial charge >= 0.3 is 6.03 Å². The van der Waals surface area contributed by atoms with Crippen LogP contribution in [0.2, 0.25) is 0 Å². The van der Waals surface area contributed by atoms with Gasteiger partial charge in [-0.1, -0.05) is 24.3 Å². The predicted octanol–water partition coefficient (Wildman–Crippen LogP) is 2.58. The quantitative estimate of drug-likeness (QED) is 0.630. The number of Topliss-reactive ketones (excluding diaryl/α,β-unsaturated/α-hetero) is 1. The zero-order chi connectivity index (χ0) is 23.8. The van der Waals surface area contributed by atoms with E-state index in [0.29, 0.717) is 48.8 Å². The molecule has 6 rings (SSSR count). The molecule has 1 aliphatic carbocycles. The lowest BCUT2D eigenvalue weighted by atomic mass is 10.0. The number of amides is 2. The van der Waals surface area contributed by atoms with E-state index in [2.05, 4.69) is 43.3 Å². The summed E-state index contributed by atoms with van der Waals surface area (Å²) >= 11 is 0. The van der Waals surface area contributed by atoms with Crippen molar-refractivity contribution in [3.63, 3.8) is 0 Å². The highest BCUT2D eigenvalue weighted by Crippen LogP contribution is 2.49. The van der Waals surface area contributed by atoms with E-state index in [1.54, 1.807) is 11.1 Å². The molecular formula is C25H27N7O3. The molecule has 2 fully saturated rings. The second-order valence-electron chi connectivity index (χ2n) is 8.93. The molecule has 0 spiro atoms. The fourth-order valence-electron chi connectivity index (χ4n) is 5.03. The van der Waals surface area contributed by atoms with Crippen molar-refractivity contribution >= 4 is 28.9 Å². The largest absolute Gasteiger partial charge is 0.379 e. The molecule has 1 atom stereocenters. The maximum atomic E-state index is 13.6. The molecule has 2 aromatic rings. The summed E-state index contributed by atoms with van der Waals surface area (Å²) in [4.78, 5) is 28.5. The van der Waals surface area contributed by atoms with Crippen LogP contribution in [0.1, 0.15) is 27.5 Å². The van der Waals surface area contributed by atoms with Crippen LogP contribution < -0.4 is 21.0 Å². The fourth-order valence-corrected chi connectivity index (χ4v) is 5.03. The minimum absolute atomic E-state index is 0.140. The average Bonchev–Trinajstić information content (AvgIpc) is 3.45. The van der Waals surface area contributed by atoms with Crippen LogP contribution in [-0.2, 0) is 4.74 Å². The van der Waals surface area contributed by atoms with Gasteiger partial charge in [0.05, 0.1) is 30.0 Å². The maximum Gasteiger partial charge on any atom is 0.333 e. The Morgan fingerprint density at radius 3 is 2.57 bits per heavy atom. The highest BCUT2D eigenvalue weighted by molar-refractivity contribution is 6.22. The van der Waals surface area contributed by atoms with Crippen molar-refractivity contribution in [2.45, 2.75) is 6.04 Å². The van der Waals surface area contributed by atoms with Crippen LogP contribution in [0, 0.1) is 0 Å². The van der Waals surface area contributed by atoms with Crippen molar-refractivity contribution in [1.82, 2.24) is 15.8 Å². The molecule has 35 heavy (non-hydrogen) atoms. The Morgan fingerprint density at radius 2 is 1.80 bits per heavy atom. The summed E-state index contributed by atoms with van der Waals surface area (Å²) < 4.78 is 5.31. The van der Waals surface area contributed by atoms with Crippen LogP contribution in [0.15, 0.2) is 58.3 Å².